The largest absolute Gasteiger partial charge is 0.501 e. The molecule has 0 amide bonds. The van der Waals surface area contributed by atoms with E-state index < -0.39 is 40.8 Å². The van der Waals surface area contributed by atoms with E-state index in [2.05, 4.69) is 0 Å². The Hall–Kier alpha value is -1.59. The van der Waals surface area contributed by atoms with Crippen molar-refractivity contribution in [1.82, 2.24) is 0 Å². The first kappa shape index (κ1) is 19.7. The van der Waals surface area contributed by atoms with Crippen molar-refractivity contribution < 1.29 is 34.4 Å². The van der Waals surface area contributed by atoms with Crippen LogP contribution in [0.3, 0.4) is 0 Å². The molecule has 11 heteroatoms. The molecule has 0 fully saturated rings. The maximum Gasteiger partial charge on any atom is 0.501 e. The smallest absolute Gasteiger partial charge is 0.224 e. The molecule has 0 atom stereocenters. The topological polar surface area (TPSA) is 68.3 Å². The van der Waals surface area contributed by atoms with Crippen LogP contribution in [0, 0.1) is 5.82 Å². The van der Waals surface area contributed by atoms with Gasteiger partial charge >= 0.3 is 5.51 Å². The van der Waals surface area contributed by atoms with Crippen LogP contribution in [0.2, 0.25) is 0 Å². The summed E-state index contributed by atoms with van der Waals surface area (Å²) in [5, 5.41) is 0. The zero-order valence-electron chi connectivity index (χ0n) is 12.4. The summed E-state index contributed by atoms with van der Waals surface area (Å²) in [6, 6.07) is 7.32. The fraction of sp³-hybridized carbons (Fsp3) is 0.143. The van der Waals surface area contributed by atoms with E-state index in [4.69, 9.17) is 0 Å². The Labute approximate surface area is 145 Å². The van der Waals surface area contributed by atoms with E-state index >= 15 is 0 Å². The summed E-state index contributed by atoms with van der Waals surface area (Å²) < 4.78 is 98.7. The zero-order chi connectivity index (χ0) is 19.0. The molecule has 0 radical (unpaired) electrons. The van der Waals surface area contributed by atoms with Crippen LogP contribution in [-0.2, 0) is 19.7 Å². The molecule has 0 spiro atoms. The molecule has 0 saturated carbocycles. The second-order valence-corrected chi connectivity index (χ2v) is 9.84. The molecule has 4 nitrogen and oxygen atoms in total. The zero-order valence-corrected chi connectivity index (χ0v) is 14.9. The molecule has 0 bridgehead atoms. The first-order chi connectivity index (χ1) is 11.3. The number of benzene rings is 2. The predicted molar refractivity (Wildman–Crippen MR) is 83.3 cm³/mol. The number of hydrogen-bond donors (Lipinski definition) is 0. The van der Waals surface area contributed by atoms with E-state index in [1.165, 1.54) is 24.3 Å². The van der Waals surface area contributed by atoms with Gasteiger partial charge < -0.3 is 0 Å². The van der Waals surface area contributed by atoms with Gasteiger partial charge in [-0.2, -0.15) is 13.2 Å². The second-order valence-electron chi connectivity index (χ2n) is 4.86. The van der Waals surface area contributed by atoms with Gasteiger partial charge in [0.05, 0.1) is 9.79 Å². The minimum absolute atomic E-state index is 0.0234. The summed E-state index contributed by atoms with van der Waals surface area (Å²) in [5.41, 5.74) is -5.62. The Morgan fingerprint density at radius 1 is 0.880 bits per heavy atom. The number of sulfone groups is 2. The number of rotatable bonds is 4. The molecule has 0 aliphatic heterocycles. The Morgan fingerprint density at radius 3 is 2.00 bits per heavy atom. The van der Waals surface area contributed by atoms with E-state index in [0.717, 1.165) is 18.4 Å². The molecule has 136 valence electrons. The lowest BCUT2D eigenvalue weighted by Crippen LogP contribution is -2.24. The molecule has 0 aromatic heterocycles. The molecule has 2 aromatic rings. The monoisotopic (exact) mass is 414 g/mol. The van der Waals surface area contributed by atoms with Crippen molar-refractivity contribution in [3.63, 3.8) is 0 Å². The fourth-order valence-corrected chi connectivity index (χ4v) is 5.35. The van der Waals surface area contributed by atoms with Crippen molar-refractivity contribution in [1.29, 1.82) is 0 Å². The average Bonchev–Trinajstić information content (AvgIpc) is 2.47. The van der Waals surface area contributed by atoms with E-state index in [0.29, 0.717) is 11.8 Å². The van der Waals surface area contributed by atoms with Gasteiger partial charge in [0.15, 0.2) is 9.84 Å². The molecule has 25 heavy (non-hydrogen) atoms. The summed E-state index contributed by atoms with van der Waals surface area (Å²) in [5.74, 6) is -1.16. The van der Waals surface area contributed by atoms with Crippen molar-refractivity contribution in [2.45, 2.75) is 25.1 Å². The van der Waals surface area contributed by atoms with Crippen LogP contribution in [0.4, 0.5) is 17.6 Å². The molecule has 0 aliphatic carbocycles. The van der Waals surface area contributed by atoms with E-state index in [9.17, 15) is 34.4 Å². The average molecular weight is 414 g/mol. The van der Waals surface area contributed by atoms with Crippen molar-refractivity contribution >= 4 is 31.4 Å². The van der Waals surface area contributed by atoms with Gasteiger partial charge in [-0.1, -0.05) is 23.9 Å². The predicted octanol–water partition coefficient (Wildman–Crippen LogP) is 3.67. The lowest BCUT2D eigenvalue weighted by atomic mass is 10.3. The maximum atomic E-state index is 13.3. The number of halogens is 4. The van der Waals surface area contributed by atoms with Gasteiger partial charge in [-0.05, 0) is 30.3 Å². The first-order valence-corrected chi connectivity index (χ1v) is 10.6. The highest BCUT2D eigenvalue weighted by Gasteiger charge is 2.48. The van der Waals surface area contributed by atoms with Gasteiger partial charge in [-0.15, -0.1) is 0 Å². The fourth-order valence-electron chi connectivity index (χ4n) is 1.86. The van der Waals surface area contributed by atoms with E-state index in [1.54, 1.807) is 0 Å². The standard InChI is InChI=1S/C14H10F4O4S3/c1-24(19,20)12-5-3-2-4-10(12)23-11-7-6-9(15)8-13(11)25(21,22)14(16,17)18/h2-8H,1H3. The Morgan fingerprint density at radius 2 is 1.44 bits per heavy atom. The Kier molecular flexibility index (Phi) is 5.22. The van der Waals surface area contributed by atoms with Crippen molar-refractivity contribution in [3.05, 3.63) is 48.3 Å². The minimum Gasteiger partial charge on any atom is -0.224 e. The summed E-state index contributed by atoms with van der Waals surface area (Å²) >= 11 is 0.494. The van der Waals surface area contributed by atoms with Gasteiger partial charge in [-0.3, -0.25) is 0 Å². The number of alkyl halides is 3. The molecule has 0 saturated heterocycles. The first-order valence-electron chi connectivity index (χ1n) is 6.42. The molecule has 2 rings (SSSR count). The van der Waals surface area contributed by atoms with Gasteiger partial charge in [0, 0.05) is 16.0 Å². The van der Waals surface area contributed by atoms with Gasteiger partial charge in [0.25, 0.3) is 9.84 Å². The summed E-state index contributed by atoms with van der Waals surface area (Å²) in [7, 11) is -9.51. The summed E-state index contributed by atoms with van der Waals surface area (Å²) in [6.45, 7) is 0. The molecular formula is C14H10F4O4S3. The summed E-state index contributed by atoms with van der Waals surface area (Å²) in [6.07, 6.45) is 0.907. The van der Waals surface area contributed by atoms with Gasteiger partial charge in [-0.25, -0.2) is 21.2 Å². The number of hydrogen-bond acceptors (Lipinski definition) is 5. The highest BCUT2D eigenvalue weighted by atomic mass is 32.2. The Bertz CT molecular complexity index is 1010. The van der Waals surface area contributed by atoms with Crippen molar-refractivity contribution in [2.75, 3.05) is 6.26 Å². The SMILES string of the molecule is CS(=O)(=O)c1ccccc1Sc1ccc(F)cc1S(=O)(=O)C(F)(F)F. The Balaban J connectivity index is 2.65. The molecule has 2 aromatic carbocycles. The highest BCUT2D eigenvalue weighted by Crippen LogP contribution is 2.40. The molecule has 0 aliphatic rings. The lowest BCUT2D eigenvalue weighted by Gasteiger charge is -2.13. The third-order valence-corrected chi connectivity index (χ3v) is 7.06. The highest BCUT2D eigenvalue weighted by molar-refractivity contribution is 8.01. The van der Waals surface area contributed by atoms with Crippen LogP contribution in [0.15, 0.2) is 62.0 Å². The van der Waals surface area contributed by atoms with Crippen LogP contribution in [0.25, 0.3) is 0 Å². The third-order valence-electron chi connectivity index (χ3n) is 2.97. The quantitative estimate of drug-likeness (QED) is 0.714. The molecular weight excluding hydrogens is 404 g/mol. The summed E-state index contributed by atoms with van der Waals surface area (Å²) in [4.78, 5) is -1.86. The van der Waals surface area contributed by atoms with Crippen LogP contribution in [0.5, 0.6) is 0 Å². The van der Waals surface area contributed by atoms with Crippen LogP contribution >= 0.6 is 11.8 Å². The van der Waals surface area contributed by atoms with E-state index in [-0.39, 0.29) is 15.9 Å². The molecule has 0 N–H and O–H groups in total. The van der Waals surface area contributed by atoms with Crippen LogP contribution in [0.1, 0.15) is 0 Å². The van der Waals surface area contributed by atoms with Gasteiger partial charge in [0.1, 0.15) is 5.82 Å². The second kappa shape index (κ2) is 6.61. The van der Waals surface area contributed by atoms with Gasteiger partial charge in [0.2, 0.25) is 0 Å². The van der Waals surface area contributed by atoms with E-state index in [1.807, 2.05) is 0 Å². The minimum atomic E-state index is -5.81. The van der Waals surface area contributed by atoms with Crippen LogP contribution in [-0.4, -0.2) is 28.6 Å². The molecule has 0 heterocycles. The van der Waals surface area contributed by atoms with Crippen molar-refractivity contribution in [2.24, 2.45) is 0 Å². The maximum absolute atomic E-state index is 13.3. The van der Waals surface area contributed by atoms with Crippen LogP contribution < -0.4 is 0 Å². The van der Waals surface area contributed by atoms with Crippen molar-refractivity contribution in [3.8, 4) is 0 Å². The lowest BCUT2D eigenvalue weighted by molar-refractivity contribution is -0.0437. The molecule has 0 unspecified atom stereocenters. The normalized spacial score (nSPS) is 13.0. The third kappa shape index (κ3) is 4.15.